The van der Waals surface area contributed by atoms with E-state index in [2.05, 4.69) is 10.3 Å². The van der Waals surface area contributed by atoms with Crippen LogP contribution >= 0.6 is 0 Å². The summed E-state index contributed by atoms with van der Waals surface area (Å²) in [6.07, 6.45) is 1.09. The van der Waals surface area contributed by atoms with Crippen molar-refractivity contribution >= 4 is 11.7 Å². The SMILES string of the molecule is Cn1ccc(C(NC(=O)Nc2ccc(-c3ncco3)cc2)C(F)(F)F)c1. The van der Waals surface area contributed by atoms with Gasteiger partial charge in [-0.1, -0.05) is 0 Å². The van der Waals surface area contributed by atoms with E-state index in [1.807, 2.05) is 5.32 Å². The van der Waals surface area contributed by atoms with E-state index >= 15 is 0 Å². The molecule has 2 heterocycles. The third-order valence-electron chi connectivity index (χ3n) is 3.61. The van der Waals surface area contributed by atoms with Gasteiger partial charge in [0, 0.05) is 36.3 Å². The van der Waals surface area contributed by atoms with Crippen LogP contribution in [0.2, 0.25) is 0 Å². The second-order valence-corrected chi connectivity index (χ2v) is 5.60. The second-order valence-electron chi connectivity index (χ2n) is 5.60. The fourth-order valence-electron chi connectivity index (χ4n) is 2.41. The molecule has 0 spiro atoms. The van der Waals surface area contributed by atoms with Gasteiger partial charge in [-0.15, -0.1) is 0 Å². The Labute approximate surface area is 146 Å². The number of alkyl halides is 3. The zero-order valence-electron chi connectivity index (χ0n) is 13.6. The minimum Gasteiger partial charge on any atom is -0.445 e. The number of nitrogens with zero attached hydrogens (tertiary/aromatic N) is 2. The van der Waals surface area contributed by atoms with Crippen LogP contribution < -0.4 is 10.6 Å². The van der Waals surface area contributed by atoms with Gasteiger partial charge < -0.3 is 19.6 Å². The normalized spacial score (nSPS) is 12.6. The third-order valence-corrected chi connectivity index (χ3v) is 3.61. The number of carbonyl (C=O) groups is 1. The standard InChI is InChI=1S/C17H15F3N4O2/c1-24-8-6-12(10-24)14(17(18,19)20)23-16(25)22-13-4-2-11(3-5-13)15-21-7-9-26-15/h2-10,14H,1H3,(H2,22,23,25). The molecule has 0 aliphatic heterocycles. The Morgan fingerprint density at radius 1 is 1.23 bits per heavy atom. The highest BCUT2D eigenvalue weighted by Gasteiger charge is 2.42. The molecule has 3 rings (SSSR count). The molecule has 0 radical (unpaired) electrons. The Bertz CT molecular complexity index is 870. The van der Waals surface area contributed by atoms with Gasteiger partial charge in [0.2, 0.25) is 5.89 Å². The van der Waals surface area contributed by atoms with Crippen molar-refractivity contribution in [1.29, 1.82) is 0 Å². The number of aryl methyl sites for hydroxylation is 1. The van der Waals surface area contributed by atoms with E-state index < -0.39 is 18.2 Å². The molecule has 0 fully saturated rings. The first-order chi connectivity index (χ1) is 12.3. The maximum Gasteiger partial charge on any atom is 0.412 e. The summed E-state index contributed by atoms with van der Waals surface area (Å²) in [7, 11) is 1.60. The Kier molecular flexibility index (Phi) is 4.70. The van der Waals surface area contributed by atoms with Crippen LogP contribution in [0.1, 0.15) is 11.6 Å². The fraction of sp³-hybridized carbons (Fsp3) is 0.176. The molecule has 1 unspecified atom stereocenters. The average Bonchev–Trinajstić information content (AvgIpc) is 3.24. The number of aromatic nitrogens is 2. The second kappa shape index (κ2) is 6.95. The van der Waals surface area contributed by atoms with Gasteiger partial charge in [-0.05, 0) is 30.3 Å². The maximum absolute atomic E-state index is 13.3. The number of benzene rings is 1. The van der Waals surface area contributed by atoms with Crippen LogP contribution in [0.15, 0.2) is 59.6 Å². The van der Waals surface area contributed by atoms with Crippen molar-refractivity contribution in [3.8, 4) is 11.5 Å². The van der Waals surface area contributed by atoms with Crippen molar-refractivity contribution in [2.24, 2.45) is 7.05 Å². The predicted molar refractivity (Wildman–Crippen MR) is 88.3 cm³/mol. The van der Waals surface area contributed by atoms with Gasteiger partial charge in [-0.2, -0.15) is 13.2 Å². The number of amides is 2. The van der Waals surface area contributed by atoms with Gasteiger partial charge >= 0.3 is 12.2 Å². The number of rotatable bonds is 4. The van der Waals surface area contributed by atoms with Crippen LogP contribution in [0, 0.1) is 0 Å². The van der Waals surface area contributed by atoms with Crippen molar-refractivity contribution < 1.29 is 22.4 Å². The summed E-state index contributed by atoms with van der Waals surface area (Å²) in [5.41, 5.74) is 0.972. The van der Waals surface area contributed by atoms with Gasteiger partial charge in [-0.3, -0.25) is 0 Å². The Balaban J connectivity index is 1.68. The van der Waals surface area contributed by atoms with Crippen molar-refractivity contribution in [1.82, 2.24) is 14.9 Å². The van der Waals surface area contributed by atoms with Crippen LogP contribution in [-0.2, 0) is 7.05 Å². The molecular formula is C17H15F3N4O2. The number of urea groups is 1. The highest BCUT2D eigenvalue weighted by Crippen LogP contribution is 2.32. The zero-order chi connectivity index (χ0) is 18.7. The molecule has 6 nitrogen and oxygen atoms in total. The highest BCUT2D eigenvalue weighted by molar-refractivity contribution is 5.89. The maximum atomic E-state index is 13.3. The number of anilines is 1. The molecule has 3 aromatic rings. The molecule has 1 aromatic carbocycles. The lowest BCUT2D eigenvalue weighted by Gasteiger charge is -2.21. The first-order valence-electron chi connectivity index (χ1n) is 7.59. The molecule has 0 bridgehead atoms. The van der Waals surface area contributed by atoms with Gasteiger partial charge in [0.1, 0.15) is 6.26 Å². The number of hydrogen-bond donors (Lipinski definition) is 2. The molecule has 0 aliphatic carbocycles. The van der Waals surface area contributed by atoms with E-state index in [-0.39, 0.29) is 5.56 Å². The Morgan fingerprint density at radius 3 is 2.50 bits per heavy atom. The topological polar surface area (TPSA) is 72.1 Å². The van der Waals surface area contributed by atoms with Crippen LogP contribution in [0.25, 0.3) is 11.5 Å². The summed E-state index contributed by atoms with van der Waals surface area (Å²) in [4.78, 5) is 16.0. The minimum absolute atomic E-state index is 0.0469. The van der Waals surface area contributed by atoms with E-state index in [0.29, 0.717) is 17.1 Å². The first-order valence-corrected chi connectivity index (χ1v) is 7.59. The highest BCUT2D eigenvalue weighted by atomic mass is 19.4. The molecule has 2 N–H and O–H groups in total. The van der Waals surface area contributed by atoms with Crippen molar-refractivity contribution in [3.63, 3.8) is 0 Å². The monoisotopic (exact) mass is 364 g/mol. The fourth-order valence-corrected chi connectivity index (χ4v) is 2.41. The third kappa shape index (κ3) is 4.05. The number of hydrogen-bond acceptors (Lipinski definition) is 3. The lowest BCUT2D eigenvalue weighted by Crippen LogP contribution is -2.40. The largest absolute Gasteiger partial charge is 0.445 e. The molecule has 2 amide bonds. The molecule has 2 aromatic heterocycles. The summed E-state index contributed by atoms with van der Waals surface area (Å²) in [6.45, 7) is 0. The van der Waals surface area contributed by atoms with Crippen LogP contribution in [0.5, 0.6) is 0 Å². The predicted octanol–water partition coefficient (Wildman–Crippen LogP) is 4.11. The van der Waals surface area contributed by atoms with Crippen LogP contribution in [0.4, 0.5) is 23.7 Å². The molecule has 136 valence electrons. The van der Waals surface area contributed by atoms with Crippen molar-refractivity contribution in [2.45, 2.75) is 12.2 Å². The smallest absolute Gasteiger partial charge is 0.412 e. The van der Waals surface area contributed by atoms with Crippen molar-refractivity contribution in [2.75, 3.05) is 5.32 Å². The molecule has 1 atom stereocenters. The average molecular weight is 364 g/mol. The Hall–Kier alpha value is -3.23. The van der Waals surface area contributed by atoms with Crippen LogP contribution in [-0.4, -0.2) is 21.8 Å². The molecule has 26 heavy (non-hydrogen) atoms. The quantitative estimate of drug-likeness (QED) is 0.732. The number of halogens is 3. The summed E-state index contributed by atoms with van der Waals surface area (Å²) in [6, 6.07) is 4.62. The molecule has 9 heteroatoms. The van der Waals surface area contributed by atoms with E-state index in [4.69, 9.17) is 4.42 Å². The lowest BCUT2D eigenvalue weighted by atomic mass is 10.1. The number of oxazole rings is 1. The van der Waals surface area contributed by atoms with Gasteiger partial charge in [0.25, 0.3) is 0 Å². The summed E-state index contributed by atoms with van der Waals surface area (Å²) in [5, 5.41) is 4.34. The Morgan fingerprint density at radius 2 is 1.96 bits per heavy atom. The number of carbonyl (C=O) groups excluding carboxylic acids is 1. The van der Waals surface area contributed by atoms with E-state index in [0.717, 1.165) is 0 Å². The number of nitrogens with one attached hydrogen (secondary N) is 2. The van der Waals surface area contributed by atoms with E-state index in [1.165, 1.54) is 35.5 Å². The van der Waals surface area contributed by atoms with E-state index in [1.54, 1.807) is 31.3 Å². The summed E-state index contributed by atoms with van der Waals surface area (Å²) >= 11 is 0. The molecular weight excluding hydrogens is 349 g/mol. The zero-order valence-corrected chi connectivity index (χ0v) is 13.6. The van der Waals surface area contributed by atoms with Gasteiger partial charge in [-0.25, -0.2) is 9.78 Å². The lowest BCUT2D eigenvalue weighted by molar-refractivity contribution is -0.154. The van der Waals surface area contributed by atoms with E-state index in [9.17, 15) is 18.0 Å². The van der Waals surface area contributed by atoms with Crippen molar-refractivity contribution in [3.05, 3.63) is 60.7 Å². The van der Waals surface area contributed by atoms with Gasteiger partial charge in [0.05, 0.1) is 6.20 Å². The van der Waals surface area contributed by atoms with Crippen LogP contribution in [0.3, 0.4) is 0 Å². The van der Waals surface area contributed by atoms with Gasteiger partial charge in [0.15, 0.2) is 6.04 Å². The molecule has 0 saturated carbocycles. The molecule has 0 saturated heterocycles. The summed E-state index contributed by atoms with van der Waals surface area (Å²) in [5.74, 6) is 0.405. The first kappa shape index (κ1) is 17.6. The summed E-state index contributed by atoms with van der Waals surface area (Å²) < 4.78 is 46.4. The molecule has 0 aliphatic rings. The minimum atomic E-state index is -4.62.